The molecule has 0 spiro atoms. The molecule has 0 unspecified atom stereocenters. The van der Waals surface area contributed by atoms with Crippen LogP contribution in [0.2, 0.25) is 0 Å². The van der Waals surface area contributed by atoms with Crippen LogP contribution < -0.4 is 0 Å². The number of fused-ring (bicyclic) bond motifs is 1. The van der Waals surface area contributed by atoms with Crippen LogP contribution in [0.3, 0.4) is 0 Å². The maximum absolute atomic E-state index is 12.2. The Hall–Kier alpha value is -2.47. The number of rotatable bonds is 4. The number of hydrogen-bond donors (Lipinski definition) is 1. The van der Waals surface area contributed by atoms with E-state index in [2.05, 4.69) is 12.1 Å². The number of thiocarbonyl (C=S) groups is 1. The molecule has 112 valence electrons. The van der Waals surface area contributed by atoms with E-state index < -0.39 is 18.5 Å². The highest BCUT2D eigenvalue weighted by atomic mass is 32.1. The van der Waals surface area contributed by atoms with Crippen molar-refractivity contribution in [1.82, 2.24) is 9.47 Å². The smallest absolute Gasteiger partial charge is 0.334 e. The van der Waals surface area contributed by atoms with Gasteiger partial charge in [-0.15, -0.1) is 0 Å². The Bertz CT molecular complexity index is 744. The summed E-state index contributed by atoms with van der Waals surface area (Å²) >= 11 is 5.21. The van der Waals surface area contributed by atoms with Gasteiger partial charge in [-0.2, -0.15) is 0 Å². The van der Waals surface area contributed by atoms with E-state index in [-0.39, 0.29) is 4.99 Å². The molecule has 2 heterocycles. The van der Waals surface area contributed by atoms with Gasteiger partial charge in [-0.1, -0.05) is 42.0 Å². The van der Waals surface area contributed by atoms with Crippen LogP contribution in [0, 0.1) is 6.92 Å². The minimum absolute atomic E-state index is 0.266. The summed E-state index contributed by atoms with van der Waals surface area (Å²) in [4.78, 5) is 24.3. The van der Waals surface area contributed by atoms with Gasteiger partial charge in [0, 0.05) is 6.20 Å². The number of amides is 1. The van der Waals surface area contributed by atoms with E-state index in [0.717, 1.165) is 16.0 Å². The molecule has 1 aliphatic heterocycles. The average molecular weight is 314 g/mol. The van der Waals surface area contributed by atoms with E-state index in [1.54, 1.807) is 6.20 Å². The van der Waals surface area contributed by atoms with Crippen molar-refractivity contribution in [3.05, 3.63) is 58.9 Å². The molecule has 0 radical (unpaired) electrons. The average Bonchev–Trinajstić information content (AvgIpc) is 2.97. The van der Waals surface area contributed by atoms with Gasteiger partial charge < -0.3 is 5.11 Å². The fourth-order valence-corrected chi connectivity index (χ4v) is 2.81. The quantitative estimate of drug-likeness (QED) is 0.881. The fraction of sp³-hybridized carbons (Fsp3) is 0.188. The minimum Gasteiger partial charge on any atom is -0.480 e. The molecule has 0 atom stereocenters. The zero-order valence-electron chi connectivity index (χ0n) is 11.9. The van der Waals surface area contributed by atoms with Crippen molar-refractivity contribution in [3.8, 4) is 0 Å². The zero-order valence-corrected chi connectivity index (χ0v) is 12.8. The van der Waals surface area contributed by atoms with Gasteiger partial charge in [0.25, 0.3) is 0 Å². The van der Waals surface area contributed by atoms with Gasteiger partial charge in [0.1, 0.15) is 11.5 Å². The summed E-state index contributed by atoms with van der Waals surface area (Å²) in [5, 5.41) is 8.83. The molecular formula is C16H14N2O3S. The first-order valence-electron chi connectivity index (χ1n) is 6.80. The normalized spacial score (nSPS) is 13.6. The van der Waals surface area contributed by atoms with Gasteiger partial charge in [-0.25, -0.2) is 4.79 Å². The Balaban J connectivity index is 1.83. The fourth-order valence-electron chi connectivity index (χ4n) is 2.51. The van der Waals surface area contributed by atoms with Crippen LogP contribution in [-0.4, -0.2) is 38.1 Å². The van der Waals surface area contributed by atoms with Crippen molar-refractivity contribution < 1.29 is 14.7 Å². The summed E-state index contributed by atoms with van der Waals surface area (Å²) < 4.78 is 1.43. The van der Waals surface area contributed by atoms with E-state index in [4.69, 9.17) is 17.3 Å². The summed E-state index contributed by atoms with van der Waals surface area (Å²) in [6.45, 7) is 1.62. The molecular weight excluding hydrogens is 300 g/mol. The zero-order chi connectivity index (χ0) is 15.9. The molecule has 0 saturated heterocycles. The highest BCUT2D eigenvalue weighted by molar-refractivity contribution is 7.80. The Morgan fingerprint density at radius 2 is 1.91 bits per heavy atom. The monoisotopic (exact) mass is 314 g/mol. The lowest BCUT2D eigenvalue weighted by Gasteiger charge is -2.11. The predicted molar refractivity (Wildman–Crippen MR) is 85.3 cm³/mol. The van der Waals surface area contributed by atoms with Crippen LogP contribution in [0.25, 0.3) is 0 Å². The molecule has 1 aromatic carbocycles. The molecule has 1 aliphatic rings. The molecule has 22 heavy (non-hydrogen) atoms. The third-order valence-electron chi connectivity index (χ3n) is 3.60. The number of aliphatic carboxylic acids is 1. The Kier molecular flexibility index (Phi) is 3.54. The lowest BCUT2D eigenvalue weighted by molar-refractivity contribution is -0.136. The van der Waals surface area contributed by atoms with Crippen LogP contribution in [0.4, 0.5) is 4.79 Å². The van der Waals surface area contributed by atoms with Crippen LogP contribution in [0.1, 0.15) is 22.4 Å². The molecule has 0 bridgehead atoms. The van der Waals surface area contributed by atoms with Crippen molar-refractivity contribution in [1.29, 1.82) is 0 Å². The number of benzene rings is 1. The number of aromatic nitrogens is 1. The summed E-state index contributed by atoms with van der Waals surface area (Å²) in [5.74, 6) is -1.08. The third kappa shape index (κ3) is 2.53. The van der Waals surface area contributed by atoms with Gasteiger partial charge in [-0.05, 0) is 30.5 Å². The van der Waals surface area contributed by atoms with Crippen molar-refractivity contribution >= 4 is 29.2 Å². The number of hydrogen-bond acceptors (Lipinski definition) is 3. The highest BCUT2D eigenvalue weighted by Gasteiger charge is 2.34. The molecule has 6 heteroatoms. The molecule has 0 saturated carbocycles. The molecule has 1 amide bonds. The third-order valence-corrected chi connectivity index (χ3v) is 4.03. The maximum Gasteiger partial charge on any atom is 0.334 e. The van der Waals surface area contributed by atoms with Crippen molar-refractivity contribution in [2.45, 2.75) is 13.3 Å². The number of carboxylic acids is 1. The first kappa shape index (κ1) is 14.5. The second kappa shape index (κ2) is 5.38. The van der Waals surface area contributed by atoms with Gasteiger partial charge >= 0.3 is 12.0 Å². The van der Waals surface area contributed by atoms with Crippen molar-refractivity contribution in [2.75, 3.05) is 6.54 Å². The van der Waals surface area contributed by atoms with E-state index in [0.29, 0.717) is 12.1 Å². The molecule has 1 aromatic heterocycles. The summed E-state index contributed by atoms with van der Waals surface area (Å²) in [7, 11) is 0. The first-order chi connectivity index (χ1) is 10.5. The van der Waals surface area contributed by atoms with Gasteiger partial charge in [-0.3, -0.25) is 14.3 Å². The molecule has 0 aliphatic carbocycles. The van der Waals surface area contributed by atoms with E-state index in [1.165, 1.54) is 10.1 Å². The SMILES string of the molecule is Cc1ccc(Cc2cc3n(c2)C(=O)N(CC(=O)O)C3=S)cc1. The molecule has 2 aromatic rings. The van der Waals surface area contributed by atoms with Gasteiger partial charge in [0.15, 0.2) is 0 Å². The molecule has 1 N–H and O–H groups in total. The van der Waals surface area contributed by atoms with Gasteiger partial charge in [0.05, 0.1) is 5.69 Å². The van der Waals surface area contributed by atoms with Crippen LogP contribution in [0.15, 0.2) is 36.5 Å². The number of carboxylic acid groups (broad SMARTS) is 1. The van der Waals surface area contributed by atoms with Gasteiger partial charge in [0.2, 0.25) is 0 Å². The largest absolute Gasteiger partial charge is 0.480 e. The van der Waals surface area contributed by atoms with Crippen LogP contribution >= 0.6 is 12.2 Å². The summed E-state index contributed by atoms with van der Waals surface area (Å²) in [6, 6.07) is 9.64. The lowest BCUT2D eigenvalue weighted by atomic mass is 10.1. The van der Waals surface area contributed by atoms with Crippen LogP contribution in [-0.2, 0) is 11.2 Å². The minimum atomic E-state index is -1.08. The molecule has 0 fully saturated rings. The second-order valence-electron chi connectivity index (χ2n) is 5.33. The number of nitrogens with zero attached hydrogens (tertiary/aromatic N) is 2. The number of carbonyl (C=O) groups excluding carboxylic acids is 1. The lowest BCUT2D eigenvalue weighted by Crippen LogP contribution is -2.35. The number of carbonyl (C=O) groups is 2. The number of aryl methyl sites for hydroxylation is 1. The van der Waals surface area contributed by atoms with E-state index in [9.17, 15) is 9.59 Å². The van der Waals surface area contributed by atoms with Crippen molar-refractivity contribution in [2.24, 2.45) is 0 Å². The Labute approximate surface area is 132 Å². The Morgan fingerprint density at radius 1 is 1.23 bits per heavy atom. The standard InChI is InChI=1S/C16H14N2O3S/c1-10-2-4-11(5-3-10)6-12-7-13-15(22)18(9-14(19)20)16(21)17(13)8-12/h2-5,7-8H,6,9H2,1H3,(H,19,20). The summed E-state index contributed by atoms with van der Waals surface area (Å²) in [6.07, 6.45) is 2.43. The highest BCUT2D eigenvalue weighted by Crippen LogP contribution is 2.22. The maximum atomic E-state index is 12.2. The van der Waals surface area contributed by atoms with Crippen molar-refractivity contribution in [3.63, 3.8) is 0 Å². The van der Waals surface area contributed by atoms with E-state index in [1.807, 2.05) is 25.1 Å². The molecule has 3 rings (SSSR count). The topological polar surface area (TPSA) is 62.5 Å². The summed E-state index contributed by atoms with van der Waals surface area (Å²) in [5.41, 5.74) is 3.91. The van der Waals surface area contributed by atoms with Crippen LogP contribution in [0.5, 0.6) is 0 Å². The Morgan fingerprint density at radius 3 is 2.50 bits per heavy atom. The second-order valence-corrected chi connectivity index (χ2v) is 5.72. The van der Waals surface area contributed by atoms with E-state index >= 15 is 0 Å². The molecule has 5 nitrogen and oxygen atoms in total. The predicted octanol–water partition coefficient (Wildman–Crippen LogP) is 2.43. The first-order valence-corrected chi connectivity index (χ1v) is 7.21.